The summed E-state index contributed by atoms with van der Waals surface area (Å²) in [5.41, 5.74) is 2.60. The Hall–Kier alpha value is -1.98. The zero-order valence-corrected chi connectivity index (χ0v) is 14.1. The molecule has 2 N–H and O–H groups in total. The minimum Gasteiger partial charge on any atom is -0.478 e. The molecule has 2 aromatic carbocycles. The van der Waals surface area contributed by atoms with E-state index in [1.165, 1.54) is 23.9 Å². The first-order valence-corrected chi connectivity index (χ1v) is 8.45. The summed E-state index contributed by atoms with van der Waals surface area (Å²) in [5.74, 6) is -0.176. The molecule has 6 heteroatoms. The number of aryl methyl sites for hydroxylation is 1. The molecular weight excluding hydrogens is 334 g/mol. The van der Waals surface area contributed by atoms with E-state index in [9.17, 15) is 9.59 Å². The maximum Gasteiger partial charge on any atom is 0.335 e. The summed E-state index contributed by atoms with van der Waals surface area (Å²) < 4.78 is 0. The van der Waals surface area contributed by atoms with E-state index in [2.05, 4.69) is 5.32 Å². The number of carboxylic acids is 1. The zero-order chi connectivity index (χ0) is 16.8. The number of thioether (sulfide) groups is 1. The van der Waals surface area contributed by atoms with Crippen molar-refractivity contribution >= 4 is 40.9 Å². The van der Waals surface area contributed by atoms with Crippen molar-refractivity contribution in [1.82, 2.24) is 0 Å². The van der Waals surface area contributed by atoms with E-state index in [0.717, 1.165) is 11.1 Å². The van der Waals surface area contributed by atoms with Crippen molar-refractivity contribution < 1.29 is 14.7 Å². The lowest BCUT2D eigenvalue weighted by Crippen LogP contribution is -2.15. The molecular formula is C17H16ClNO3S. The van der Waals surface area contributed by atoms with Gasteiger partial charge in [0.15, 0.2) is 0 Å². The van der Waals surface area contributed by atoms with Gasteiger partial charge in [0.2, 0.25) is 5.91 Å². The Morgan fingerprint density at radius 1 is 1.17 bits per heavy atom. The quantitative estimate of drug-likeness (QED) is 0.819. The monoisotopic (exact) mass is 349 g/mol. The van der Waals surface area contributed by atoms with Crippen LogP contribution in [0.15, 0.2) is 42.5 Å². The molecule has 0 heterocycles. The van der Waals surface area contributed by atoms with E-state index in [4.69, 9.17) is 16.7 Å². The molecule has 23 heavy (non-hydrogen) atoms. The van der Waals surface area contributed by atoms with Crippen molar-refractivity contribution in [3.8, 4) is 0 Å². The molecule has 2 aromatic rings. The summed E-state index contributed by atoms with van der Waals surface area (Å²) in [6, 6.07) is 12.2. The molecule has 2 rings (SSSR count). The van der Waals surface area contributed by atoms with Gasteiger partial charge in [-0.1, -0.05) is 29.8 Å². The highest BCUT2D eigenvalue weighted by atomic mass is 35.5. The predicted octanol–water partition coefficient (Wildman–Crippen LogP) is 4.22. The van der Waals surface area contributed by atoms with Crippen molar-refractivity contribution in [2.24, 2.45) is 0 Å². The number of halogens is 1. The average molecular weight is 350 g/mol. The maximum atomic E-state index is 12.0. The van der Waals surface area contributed by atoms with Crippen molar-refractivity contribution in [1.29, 1.82) is 0 Å². The van der Waals surface area contributed by atoms with E-state index in [1.807, 2.05) is 31.2 Å². The third-order valence-electron chi connectivity index (χ3n) is 3.17. The van der Waals surface area contributed by atoms with E-state index in [0.29, 0.717) is 22.2 Å². The van der Waals surface area contributed by atoms with E-state index in [-0.39, 0.29) is 11.5 Å². The number of hydrogen-bond acceptors (Lipinski definition) is 3. The third kappa shape index (κ3) is 5.30. The number of aromatic carboxylic acids is 1. The fourth-order valence-electron chi connectivity index (χ4n) is 1.92. The van der Waals surface area contributed by atoms with E-state index in [1.54, 1.807) is 6.07 Å². The minimum atomic E-state index is -1.02. The number of carbonyl (C=O) groups is 2. The van der Waals surface area contributed by atoms with Gasteiger partial charge < -0.3 is 10.4 Å². The van der Waals surface area contributed by atoms with Gasteiger partial charge in [0.05, 0.1) is 11.3 Å². The SMILES string of the molecule is Cc1ccc(C(=O)O)cc1NC(=O)CSCc1ccc(Cl)cc1. The number of hydrogen-bond donors (Lipinski definition) is 2. The molecule has 120 valence electrons. The van der Waals surface area contributed by atoms with Crippen LogP contribution in [0.5, 0.6) is 0 Å². The van der Waals surface area contributed by atoms with Gasteiger partial charge in [-0.15, -0.1) is 11.8 Å². The van der Waals surface area contributed by atoms with Gasteiger partial charge >= 0.3 is 5.97 Å². The van der Waals surface area contributed by atoms with Crippen LogP contribution in [0.3, 0.4) is 0 Å². The van der Waals surface area contributed by atoms with Gasteiger partial charge in [-0.3, -0.25) is 4.79 Å². The van der Waals surface area contributed by atoms with Crippen LogP contribution < -0.4 is 5.32 Å². The normalized spacial score (nSPS) is 10.3. The molecule has 0 spiro atoms. The van der Waals surface area contributed by atoms with Gasteiger partial charge in [-0.2, -0.15) is 0 Å². The predicted molar refractivity (Wildman–Crippen MR) is 94.4 cm³/mol. The molecule has 0 aliphatic heterocycles. The molecule has 0 radical (unpaired) electrons. The van der Waals surface area contributed by atoms with Crippen LogP contribution in [0.1, 0.15) is 21.5 Å². The fourth-order valence-corrected chi connectivity index (χ4v) is 2.83. The smallest absolute Gasteiger partial charge is 0.335 e. The van der Waals surface area contributed by atoms with Crippen molar-refractivity contribution in [3.05, 3.63) is 64.2 Å². The molecule has 0 saturated carbocycles. The topological polar surface area (TPSA) is 66.4 Å². The Kier molecular flexibility index (Phi) is 6.07. The lowest BCUT2D eigenvalue weighted by atomic mass is 10.1. The largest absolute Gasteiger partial charge is 0.478 e. The summed E-state index contributed by atoms with van der Waals surface area (Å²) in [6.07, 6.45) is 0. The lowest BCUT2D eigenvalue weighted by molar-refractivity contribution is -0.113. The van der Waals surface area contributed by atoms with Crippen molar-refractivity contribution in [2.45, 2.75) is 12.7 Å². The lowest BCUT2D eigenvalue weighted by Gasteiger charge is -2.09. The number of carbonyl (C=O) groups excluding carboxylic acids is 1. The first kappa shape index (κ1) is 17.4. The van der Waals surface area contributed by atoms with Crippen LogP contribution in [0.25, 0.3) is 0 Å². The molecule has 0 aliphatic carbocycles. The van der Waals surface area contributed by atoms with Crippen LogP contribution in [0.4, 0.5) is 5.69 Å². The highest BCUT2D eigenvalue weighted by Gasteiger charge is 2.09. The van der Waals surface area contributed by atoms with Crippen LogP contribution in [-0.2, 0) is 10.5 Å². The summed E-state index contributed by atoms with van der Waals surface area (Å²) in [7, 11) is 0. The van der Waals surface area contributed by atoms with Gasteiger partial charge in [-0.25, -0.2) is 4.79 Å². The number of nitrogens with one attached hydrogen (secondary N) is 1. The number of amides is 1. The summed E-state index contributed by atoms with van der Waals surface area (Å²) in [5, 5.41) is 12.4. The Bertz CT molecular complexity index is 716. The van der Waals surface area contributed by atoms with Crippen LogP contribution >= 0.6 is 23.4 Å². The summed E-state index contributed by atoms with van der Waals surface area (Å²) in [4.78, 5) is 23.0. The summed E-state index contributed by atoms with van der Waals surface area (Å²) >= 11 is 7.31. The van der Waals surface area contributed by atoms with Crippen LogP contribution in [0.2, 0.25) is 5.02 Å². The van der Waals surface area contributed by atoms with Crippen molar-refractivity contribution in [3.63, 3.8) is 0 Å². The van der Waals surface area contributed by atoms with Gasteiger partial charge in [0.1, 0.15) is 0 Å². The molecule has 0 fully saturated rings. The molecule has 0 saturated heterocycles. The standard InChI is InChI=1S/C17H16ClNO3S/c1-11-2-5-13(17(21)22)8-15(11)19-16(20)10-23-9-12-3-6-14(18)7-4-12/h2-8H,9-10H2,1H3,(H,19,20)(H,21,22). The highest BCUT2D eigenvalue weighted by molar-refractivity contribution is 7.99. The Morgan fingerprint density at radius 3 is 2.52 bits per heavy atom. The third-order valence-corrected chi connectivity index (χ3v) is 4.43. The second-order valence-corrected chi connectivity index (χ2v) is 6.42. The van der Waals surface area contributed by atoms with Crippen LogP contribution in [-0.4, -0.2) is 22.7 Å². The van der Waals surface area contributed by atoms with Crippen molar-refractivity contribution in [2.75, 3.05) is 11.1 Å². The molecule has 0 aromatic heterocycles. The number of benzene rings is 2. The van der Waals surface area contributed by atoms with E-state index < -0.39 is 5.97 Å². The molecule has 1 amide bonds. The highest BCUT2D eigenvalue weighted by Crippen LogP contribution is 2.19. The molecule has 4 nitrogen and oxygen atoms in total. The van der Waals surface area contributed by atoms with Gasteiger partial charge in [0, 0.05) is 16.5 Å². The number of rotatable bonds is 6. The summed E-state index contributed by atoms with van der Waals surface area (Å²) in [6.45, 7) is 1.82. The molecule has 0 bridgehead atoms. The van der Waals surface area contributed by atoms with Gasteiger partial charge in [-0.05, 0) is 42.3 Å². The second kappa shape index (κ2) is 8.04. The molecule has 0 unspecified atom stereocenters. The first-order chi connectivity index (χ1) is 11.0. The van der Waals surface area contributed by atoms with Crippen LogP contribution in [0, 0.1) is 6.92 Å². The number of carboxylic acid groups (broad SMARTS) is 1. The Labute approximate surface area is 143 Å². The maximum absolute atomic E-state index is 12.0. The fraction of sp³-hybridized carbons (Fsp3) is 0.176. The number of anilines is 1. The average Bonchev–Trinajstić information content (AvgIpc) is 2.51. The zero-order valence-electron chi connectivity index (χ0n) is 12.5. The van der Waals surface area contributed by atoms with Gasteiger partial charge in [0.25, 0.3) is 0 Å². The second-order valence-electron chi connectivity index (χ2n) is 5.00. The minimum absolute atomic E-state index is 0.153. The Balaban J connectivity index is 1.88. The molecule has 0 aliphatic rings. The van der Waals surface area contributed by atoms with E-state index >= 15 is 0 Å². The first-order valence-electron chi connectivity index (χ1n) is 6.91. The molecule has 0 atom stereocenters. The Morgan fingerprint density at radius 2 is 1.87 bits per heavy atom.